The van der Waals surface area contributed by atoms with E-state index in [1.165, 1.54) is 5.56 Å². The molecule has 3 rings (SSSR count). The largest absolute Gasteiger partial charge is 0.341 e. The Kier molecular flexibility index (Phi) is 5.28. The van der Waals surface area contributed by atoms with Gasteiger partial charge in [0, 0.05) is 30.5 Å². The number of benzene rings is 1. The molecule has 1 aliphatic heterocycles. The Morgan fingerprint density at radius 3 is 2.64 bits per heavy atom. The van der Waals surface area contributed by atoms with E-state index in [1.54, 1.807) is 0 Å². The van der Waals surface area contributed by atoms with Gasteiger partial charge in [-0.25, -0.2) is 0 Å². The van der Waals surface area contributed by atoms with E-state index in [0.29, 0.717) is 6.04 Å². The summed E-state index contributed by atoms with van der Waals surface area (Å²) in [5.41, 5.74) is 4.30. The van der Waals surface area contributed by atoms with Gasteiger partial charge in [-0.2, -0.15) is 0 Å². The van der Waals surface area contributed by atoms with E-state index in [0.717, 1.165) is 42.9 Å². The molecule has 1 aromatic heterocycles. The minimum atomic E-state index is 0.166. The lowest BCUT2D eigenvalue weighted by atomic mass is 10.0. The Balaban J connectivity index is 1.88. The zero-order valence-electron chi connectivity index (χ0n) is 15.7. The van der Waals surface area contributed by atoms with Gasteiger partial charge in [-0.05, 0) is 52.3 Å². The summed E-state index contributed by atoms with van der Waals surface area (Å²) in [6.45, 7) is 8.01. The maximum atomic E-state index is 13.1. The minimum Gasteiger partial charge on any atom is -0.341 e. The van der Waals surface area contributed by atoms with Crippen molar-refractivity contribution in [3.8, 4) is 0 Å². The third-order valence-corrected chi connectivity index (χ3v) is 5.50. The molecule has 1 N–H and O–H groups in total. The highest BCUT2D eigenvalue weighted by atomic mass is 16.2. The van der Waals surface area contributed by atoms with Gasteiger partial charge in [-0.3, -0.25) is 4.79 Å². The topological polar surface area (TPSA) is 37.3 Å². The van der Waals surface area contributed by atoms with Crippen LogP contribution < -0.4 is 5.32 Å². The summed E-state index contributed by atoms with van der Waals surface area (Å²) >= 11 is 0. The van der Waals surface area contributed by atoms with Crippen LogP contribution in [-0.4, -0.2) is 41.6 Å². The van der Waals surface area contributed by atoms with E-state index >= 15 is 0 Å². The molecule has 0 radical (unpaired) electrons. The molecule has 0 spiro atoms. The van der Waals surface area contributed by atoms with Crippen LogP contribution in [0.15, 0.2) is 36.4 Å². The number of aryl methyl sites for hydroxylation is 1. The summed E-state index contributed by atoms with van der Waals surface area (Å²) in [4.78, 5) is 15.1. The van der Waals surface area contributed by atoms with Gasteiger partial charge in [0.25, 0.3) is 5.91 Å². The number of carbonyl (C=O) groups is 1. The molecule has 4 nitrogen and oxygen atoms in total. The van der Waals surface area contributed by atoms with Crippen molar-refractivity contribution in [2.75, 3.05) is 20.1 Å². The monoisotopic (exact) mass is 339 g/mol. The maximum Gasteiger partial charge on any atom is 0.255 e. The molecule has 2 atom stereocenters. The lowest BCUT2D eigenvalue weighted by molar-refractivity contribution is 0.0697. The Bertz CT molecular complexity index is 735. The minimum absolute atomic E-state index is 0.166. The Labute approximate surface area is 150 Å². The summed E-state index contributed by atoms with van der Waals surface area (Å²) < 4.78 is 2.28. The number of nitrogens with zero attached hydrogens (tertiary/aromatic N) is 2. The Morgan fingerprint density at radius 2 is 1.96 bits per heavy atom. The molecule has 2 unspecified atom stereocenters. The van der Waals surface area contributed by atoms with E-state index in [4.69, 9.17) is 0 Å². The van der Waals surface area contributed by atoms with Gasteiger partial charge in [0.15, 0.2) is 0 Å². The Morgan fingerprint density at radius 1 is 1.24 bits per heavy atom. The van der Waals surface area contributed by atoms with Crippen LogP contribution in [0.1, 0.15) is 53.1 Å². The molecular weight excluding hydrogens is 310 g/mol. The molecular formula is C21H29N3O. The molecule has 134 valence electrons. The standard InChI is InChI=1S/C21H29N3O/c1-15-13-20(21(25)23-12-8-11-19(14-23)22-4)17(3)24(15)16(2)18-9-6-5-7-10-18/h5-7,9-10,13,16,19,22H,8,11-12,14H2,1-4H3. The summed E-state index contributed by atoms with van der Waals surface area (Å²) in [7, 11) is 1.98. The number of nitrogens with one attached hydrogen (secondary N) is 1. The molecule has 0 bridgehead atoms. The van der Waals surface area contributed by atoms with Crippen molar-refractivity contribution >= 4 is 5.91 Å². The molecule has 1 saturated heterocycles. The number of amides is 1. The highest BCUT2D eigenvalue weighted by Gasteiger charge is 2.27. The second-order valence-electron chi connectivity index (χ2n) is 7.12. The number of hydrogen-bond donors (Lipinski definition) is 1. The van der Waals surface area contributed by atoms with Crippen LogP contribution in [-0.2, 0) is 0 Å². The molecule has 2 aromatic rings. The van der Waals surface area contributed by atoms with Crippen molar-refractivity contribution in [2.45, 2.75) is 45.7 Å². The first kappa shape index (κ1) is 17.7. The van der Waals surface area contributed by atoms with Crippen molar-refractivity contribution in [3.63, 3.8) is 0 Å². The van der Waals surface area contributed by atoms with Gasteiger partial charge in [-0.1, -0.05) is 30.3 Å². The fourth-order valence-electron chi connectivity index (χ4n) is 4.04. The van der Waals surface area contributed by atoms with Crippen LogP contribution >= 0.6 is 0 Å². The van der Waals surface area contributed by atoms with E-state index in [9.17, 15) is 4.79 Å². The molecule has 1 amide bonds. The van der Waals surface area contributed by atoms with Crippen molar-refractivity contribution in [2.24, 2.45) is 0 Å². The van der Waals surface area contributed by atoms with Crippen molar-refractivity contribution in [1.82, 2.24) is 14.8 Å². The lowest BCUT2D eigenvalue weighted by Gasteiger charge is -2.32. The average Bonchev–Trinajstić information content (AvgIpc) is 2.95. The van der Waals surface area contributed by atoms with Crippen molar-refractivity contribution in [3.05, 3.63) is 58.9 Å². The normalized spacial score (nSPS) is 19.0. The predicted molar refractivity (Wildman–Crippen MR) is 102 cm³/mol. The third kappa shape index (κ3) is 3.49. The van der Waals surface area contributed by atoms with Crippen LogP contribution in [0.25, 0.3) is 0 Å². The maximum absolute atomic E-state index is 13.1. The predicted octanol–water partition coefficient (Wildman–Crippen LogP) is 3.54. The van der Waals surface area contributed by atoms with Gasteiger partial charge in [-0.15, -0.1) is 0 Å². The third-order valence-electron chi connectivity index (χ3n) is 5.50. The highest BCUT2D eigenvalue weighted by molar-refractivity contribution is 5.95. The molecule has 2 heterocycles. The summed E-state index contributed by atoms with van der Waals surface area (Å²) in [6.07, 6.45) is 2.21. The van der Waals surface area contributed by atoms with Crippen molar-refractivity contribution in [1.29, 1.82) is 0 Å². The number of piperidine rings is 1. The summed E-state index contributed by atoms with van der Waals surface area (Å²) in [6, 6.07) is 13.1. The summed E-state index contributed by atoms with van der Waals surface area (Å²) in [5.74, 6) is 0.166. The molecule has 0 aliphatic carbocycles. The van der Waals surface area contributed by atoms with Gasteiger partial charge < -0.3 is 14.8 Å². The Hall–Kier alpha value is -2.07. The lowest BCUT2D eigenvalue weighted by Crippen LogP contribution is -2.47. The van der Waals surface area contributed by atoms with Crippen molar-refractivity contribution < 1.29 is 4.79 Å². The molecule has 1 aromatic carbocycles. The SMILES string of the molecule is CNC1CCCN(C(=O)c2cc(C)n(C(C)c3ccccc3)c2C)C1. The molecule has 4 heteroatoms. The van der Waals surface area contributed by atoms with Crippen LogP contribution in [0, 0.1) is 13.8 Å². The smallest absolute Gasteiger partial charge is 0.255 e. The number of aromatic nitrogens is 1. The molecule has 25 heavy (non-hydrogen) atoms. The number of carbonyl (C=O) groups excluding carboxylic acids is 1. The molecule has 1 aliphatic rings. The first-order valence-corrected chi connectivity index (χ1v) is 9.22. The van der Waals surface area contributed by atoms with Gasteiger partial charge in [0.1, 0.15) is 0 Å². The van der Waals surface area contributed by atoms with Crippen LogP contribution in [0.4, 0.5) is 0 Å². The van der Waals surface area contributed by atoms with Gasteiger partial charge in [0.2, 0.25) is 0 Å². The first-order chi connectivity index (χ1) is 12.0. The van der Waals surface area contributed by atoms with Crippen LogP contribution in [0.3, 0.4) is 0 Å². The zero-order valence-corrected chi connectivity index (χ0v) is 15.7. The van der Waals surface area contributed by atoms with E-state index in [2.05, 4.69) is 61.0 Å². The number of likely N-dealkylation sites (tertiary alicyclic amines) is 1. The van der Waals surface area contributed by atoms with Gasteiger partial charge in [0.05, 0.1) is 11.6 Å². The number of hydrogen-bond acceptors (Lipinski definition) is 2. The fraction of sp³-hybridized carbons (Fsp3) is 0.476. The highest BCUT2D eigenvalue weighted by Crippen LogP contribution is 2.27. The van der Waals surface area contributed by atoms with Crippen LogP contribution in [0.2, 0.25) is 0 Å². The fourth-order valence-corrected chi connectivity index (χ4v) is 4.04. The molecule has 0 saturated carbocycles. The first-order valence-electron chi connectivity index (χ1n) is 9.22. The quantitative estimate of drug-likeness (QED) is 0.925. The van der Waals surface area contributed by atoms with E-state index < -0.39 is 0 Å². The second-order valence-corrected chi connectivity index (χ2v) is 7.12. The second kappa shape index (κ2) is 7.44. The van der Waals surface area contributed by atoms with E-state index in [1.807, 2.05) is 18.0 Å². The number of likely N-dealkylation sites (N-methyl/N-ethyl adjacent to an activating group) is 1. The number of rotatable bonds is 4. The van der Waals surface area contributed by atoms with Crippen LogP contribution in [0.5, 0.6) is 0 Å². The summed E-state index contributed by atoms with van der Waals surface area (Å²) in [5, 5.41) is 3.31. The van der Waals surface area contributed by atoms with E-state index in [-0.39, 0.29) is 11.9 Å². The average molecular weight is 339 g/mol. The van der Waals surface area contributed by atoms with Gasteiger partial charge >= 0.3 is 0 Å². The molecule has 1 fully saturated rings. The zero-order chi connectivity index (χ0) is 18.0.